The van der Waals surface area contributed by atoms with E-state index in [1.165, 1.54) is 0 Å². The predicted molar refractivity (Wildman–Crippen MR) is 104 cm³/mol. The van der Waals surface area contributed by atoms with E-state index in [-0.39, 0.29) is 5.91 Å². The summed E-state index contributed by atoms with van der Waals surface area (Å²) in [6.45, 7) is 1.12. The van der Waals surface area contributed by atoms with Gasteiger partial charge in [-0.15, -0.1) is 0 Å². The summed E-state index contributed by atoms with van der Waals surface area (Å²) in [5.74, 6) is 0.981. The van der Waals surface area contributed by atoms with Gasteiger partial charge >= 0.3 is 0 Å². The number of aromatic amines is 1. The minimum atomic E-state index is -0.583. The Morgan fingerprint density at radius 2 is 2.21 bits per heavy atom. The first-order chi connectivity index (χ1) is 13.6. The van der Waals surface area contributed by atoms with Crippen LogP contribution in [0.5, 0.6) is 5.88 Å². The Labute approximate surface area is 166 Å². The van der Waals surface area contributed by atoms with Crippen molar-refractivity contribution >= 4 is 28.4 Å². The maximum Gasteiger partial charge on any atom is 0.252 e. The second kappa shape index (κ2) is 6.46. The van der Waals surface area contributed by atoms with Crippen LogP contribution in [0.25, 0.3) is 22.2 Å². The molecule has 6 rings (SSSR count). The zero-order chi connectivity index (χ0) is 19.3. The normalized spacial score (nSPS) is 22.9. The summed E-state index contributed by atoms with van der Waals surface area (Å²) in [4.78, 5) is 24.3. The van der Waals surface area contributed by atoms with E-state index in [9.17, 15) is 4.79 Å². The molecule has 8 heteroatoms. The third-order valence-electron chi connectivity index (χ3n) is 5.56. The van der Waals surface area contributed by atoms with Crippen molar-refractivity contribution in [1.82, 2.24) is 20.3 Å². The van der Waals surface area contributed by atoms with E-state index in [1.807, 2.05) is 18.2 Å². The first-order valence-electron chi connectivity index (χ1n) is 9.16. The number of methoxy groups -OCH3 is 1. The number of halogens is 1. The zero-order valence-electron chi connectivity index (χ0n) is 15.3. The lowest BCUT2D eigenvalue weighted by Crippen LogP contribution is -2.50. The lowest BCUT2D eigenvalue weighted by atomic mass is 9.74. The fourth-order valence-corrected chi connectivity index (χ4v) is 4.31. The zero-order valence-corrected chi connectivity index (χ0v) is 16.0. The van der Waals surface area contributed by atoms with E-state index >= 15 is 0 Å². The Balaban J connectivity index is 1.36. The maximum absolute atomic E-state index is 12.4. The van der Waals surface area contributed by atoms with Crippen LogP contribution in [0.1, 0.15) is 18.5 Å². The average Bonchev–Trinajstić information content (AvgIpc) is 3.39. The molecule has 7 nitrogen and oxygen atoms in total. The van der Waals surface area contributed by atoms with Crippen LogP contribution < -0.4 is 10.1 Å². The number of H-pyrrole nitrogens is 1. The summed E-state index contributed by atoms with van der Waals surface area (Å²) in [5.41, 5.74) is 2.68. The monoisotopic (exact) mass is 398 g/mol. The molecule has 4 heterocycles. The fourth-order valence-electron chi connectivity index (χ4n) is 4.04. The number of carbonyl (C=O) groups excluding carboxylic acids is 1. The van der Waals surface area contributed by atoms with Gasteiger partial charge in [-0.25, -0.2) is 9.97 Å². The third-order valence-corrected chi connectivity index (χ3v) is 5.88. The maximum atomic E-state index is 12.4. The molecule has 1 aliphatic carbocycles. The van der Waals surface area contributed by atoms with Crippen molar-refractivity contribution < 1.29 is 14.3 Å². The highest BCUT2D eigenvalue weighted by molar-refractivity contribution is 6.34. The SMILES string of the molecule is COc1cnc(-c2cc3[nH]c(CNC(=O)C45CC(CO4)C5)cc3cc2Cl)cn1. The van der Waals surface area contributed by atoms with Crippen LogP contribution >= 0.6 is 11.6 Å². The van der Waals surface area contributed by atoms with Gasteiger partial charge in [-0.05, 0) is 37.0 Å². The van der Waals surface area contributed by atoms with Gasteiger partial charge in [0.25, 0.3) is 5.91 Å². The third kappa shape index (κ3) is 2.82. The Bertz CT molecular complexity index is 1050. The van der Waals surface area contributed by atoms with Crippen LogP contribution in [0.2, 0.25) is 5.02 Å². The quantitative estimate of drug-likeness (QED) is 0.689. The molecule has 144 valence electrons. The van der Waals surface area contributed by atoms with Gasteiger partial charge < -0.3 is 19.8 Å². The van der Waals surface area contributed by atoms with Gasteiger partial charge in [-0.3, -0.25) is 4.79 Å². The Morgan fingerprint density at radius 3 is 2.89 bits per heavy atom. The van der Waals surface area contributed by atoms with Gasteiger partial charge in [0.15, 0.2) is 0 Å². The smallest absolute Gasteiger partial charge is 0.252 e. The second-order valence-electron chi connectivity index (χ2n) is 7.42. The highest BCUT2D eigenvalue weighted by atomic mass is 35.5. The second-order valence-corrected chi connectivity index (χ2v) is 7.83. The Morgan fingerprint density at radius 1 is 1.36 bits per heavy atom. The molecular weight excluding hydrogens is 380 g/mol. The molecule has 2 bridgehead atoms. The number of nitrogens with zero attached hydrogens (tertiary/aromatic N) is 2. The fraction of sp³-hybridized carbons (Fsp3) is 0.350. The molecule has 3 aliphatic rings. The number of aromatic nitrogens is 3. The van der Waals surface area contributed by atoms with Gasteiger partial charge in [-0.2, -0.15) is 0 Å². The van der Waals surface area contributed by atoms with Crippen molar-refractivity contribution in [1.29, 1.82) is 0 Å². The van der Waals surface area contributed by atoms with Crippen LogP contribution in [0, 0.1) is 5.92 Å². The van der Waals surface area contributed by atoms with Crippen LogP contribution in [-0.2, 0) is 16.1 Å². The summed E-state index contributed by atoms with van der Waals surface area (Å²) in [7, 11) is 1.55. The molecule has 28 heavy (non-hydrogen) atoms. The van der Waals surface area contributed by atoms with Crippen molar-refractivity contribution in [2.45, 2.75) is 25.0 Å². The van der Waals surface area contributed by atoms with E-state index in [4.69, 9.17) is 21.1 Å². The topological polar surface area (TPSA) is 89.1 Å². The van der Waals surface area contributed by atoms with E-state index in [1.54, 1.807) is 19.5 Å². The first-order valence-corrected chi connectivity index (χ1v) is 9.54. The predicted octanol–water partition coefficient (Wildman–Crippen LogP) is 3.08. The molecule has 2 aromatic heterocycles. The van der Waals surface area contributed by atoms with Crippen LogP contribution in [-0.4, -0.2) is 40.2 Å². The van der Waals surface area contributed by atoms with Crippen LogP contribution in [0.15, 0.2) is 30.6 Å². The van der Waals surface area contributed by atoms with Gasteiger partial charge in [0, 0.05) is 22.2 Å². The number of hydrogen-bond acceptors (Lipinski definition) is 5. The molecule has 1 amide bonds. The molecule has 2 N–H and O–H groups in total. The summed E-state index contributed by atoms with van der Waals surface area (Å²) in [6.07, 6.45) is 4.87. The molecule has 0 unspecified atom stereocenters. The van der Waals surface area contributed by atoms with Crippen molar-refractivity contribution in [2.75, 3.05) is 13.7 Å². The lowest BCUT2D eigenvalue weighted by Gasteiger charge is -2.33. The van der Waals surface area contributed by atoms with Crippen molar-refractivity contribution in [3.63, 3.8) is 0 Å². The van der Waals surface area contributed by atoms with E-state index in [0.717, 1.165) is 35.0 Å². The van der Waals surface area contributed by atoms with Gasteiger partial charge in [0.05, 0.1) is 43.4 Å². The Hall–Kier alpha value is -2.64. The minimum Gasteiger partial charge on any atom is -0.480 e. The molecule has 0 radical (unpaired) electrons. The van der Waals surface area contributed by atoms with Crippen molar-refractivity contribution in [3.8, 4) is 17.1 Å². The lowest BCUT2D eigenvalue weighted by molar-refractivity contribution is -0.143. The Kier molecular flexibility index (Phi) is 4.03. The van der Waals surface area contributed by atoms with Gasteiger partial charge in [0.2, 0.25) is 5.88 Å². The molecule has 2 aliphatic heterocycles. The van der Waals surface area contributed by atoms with Crippen molar-refractivity contribution in [2.24, 2.45) is 5.92 Å². The van der Waals surface area contributed by atoms with E-state index in [0.29, 0.717) is 35.7 Å². The van der Waals surface area contributed by atoms with Crippen molar-refractivity contribution in [3.05, 3.63) is 41.3 Å². The van der Waals surface area contributed by atoms with Crippen LogP contribution in [0.4, 0.5) is 0 Å². The number of ether oxygens (including phenoxy) is 2. The number of carbonyl (C=O) groups is 1. The van der Waals surface area contributed by atoms with E-state index < -0.39 is 5.60 Å². The summed E-state index contributed by atoms with van der Waals surface area (Å²) in [5, 5.41) is 4.54. The van der Waals surface area contributed by atoms with Gasteiger partial charge in [0.1, 0.15) is 5.60 Å². The molecule has 1 saturated carbocycles. The standard InChI is InChI=1S/C20H19ClN4O3/c1-27-18-9-22-17(8-23-18)14-4-16-12(3-15(14)21)2-13(25-16)7-24-19(26)20-5-11(6-20)10-28-20/h2-4,8-9,11,25H,5-7,10H2,1H3,(H,24,26). The largest absolute Gasteiger partial charge is 0.480 e. The number of hydrogen-bond donors (Lipinski definition) is 2. The molecule has 0 atom stereocenters. The number of rotatable bonds is 5. The number of amides is 1. The summed E-state index contributed by atoms with van der Waals surface area (Å²) >= 11 is 6.46. The minimum absolute atomic E-state index is 0.0212. The summed E-state index contributed by atoms with van der Waals surface area (Å²) < 4.78 is 10.7. The molecular formula is C20H19ClN4O3. The number of nitrogens with one attached hydrogen (secondary N) is 2. The van der Waals surface area contributed by atoms with E-state index in [2.05, 4.69) is 20.3 Å². The number of benzene rings is 1. The average molecular weight is 399 g/mol. The molecule has 3 fully saturated rings. The molecule has 0 spiro atoms. The highest BCUT2D eigenvalue weighted by Crippen LogP contribution is 2.48. The molecule has 3 aromatic rings. The molecule has 1 aromatic carbocycles. The van der Waals surface area contributed by atoms with Crippen LogP contribution in [0.3, 0.4) is 0 Å². The molecule has 2 saturated heterocycles. The number of fused-ring (bicyclic) bond motifs is 2. The first kappa shape index (κ1) is 17.5. The highest BCUT2D eigenvalue weighted by Gasteiger charge is 2.57. The summed E-state index contributed by atoms with van der Waals surface area (Å²) in [6, 6.07) is 5.81. The van der Waals surface area contributed by atoms with Gasteiger partial charge in [-0.1, -0.05) is 11.6 Å².